The Kier molecular flexibility index (Phi) is 7.43. The molecule has 1 saturated carbocycles. The second-order valence-corrected chi connectivity index (χ2v) is 7.51. The highest BCUT2D eigenvalue weighted by Crippen LogP contribution is 2.51. The number of nitrogens with one attached hydrogen (secondary N) is 2. The van der Waals surface area contributed by atoms with E-state index in [9.17, 15) is 13.2 Å². The number of guanidine groups is 1. The number of aliphatic imine (C=N–C) groups is 1. The van der Waals surface area contributed by atoms with Crippen LogP contribution in [0.25, 0.3) is 0 Å². The van der Waals surface area contributed by atoms with Crippen LogP contribution in [0.15, 0.2) is 40.2 Å². The van der Waals surface area contributed by atoms with Crippen molar-refractivity contribution >= 4 is 17.7 Å². The monoisotopic (exact) mass is 375 g/mol. The number of thioether (sulfide) groups is 1. The standard InChI is InChI=1S/C17H24F3N3OS/c1-21-15(22-10-5-11-24-13-17(18,19)20)23-12-16(8-9-16)25-14-6-3-2-4-7-14/h2-4,6-7H,5,8-13H2,1H3,(H2,21,22,23). The fraction of sp³-hybridized carbons (Fsp3) is 0.588. The summed E-state index contributed by atoms with van der Waals surface area (Å²) in [5.41, 5.74) is 0. The van der Waals surface area contributed by atoms with Gasteiger partial charge in [-0.15, -0.1) is 11.8 Å². The molecule has 0 spiro atoms. The summed E-state index contributed by atoms with van der Waals surface area (Å²) in [6.45, 7) is 0.184. The highest BCUT2D eigenvalue weighted by molar-refractivity contribution is 8.01. The zero-order valence-electron chi connectivity index (χ0n) is 14.2. The number of alkyl halides is 3. The zero-order chi connectivity index (χ0) is 18.2. The molecule has 0 aliphatic heterocycles. The van der Waals surface area contributed by atoms with Gasteiger partial charge in [0, 0.05) is 36.4 Å². The van der Waals surface area contributed by atoms with Crippen LogP contribution >= 0.6 is 11.8 Å². The van der Waals surface area contributed by atoms with E-state index in [0.29, 0.717) is 18.9 Å². The van der Waals surface area contributed by atoms with Crippen LogP contribution < -0.4 is 10.6 Å². The lowest BCUT2D eigenvalue weighted by Gasteiger charge is -2.18. The number of rotatable bonds is 9. The van der Waals surface area contributed by atoms with E-state index >= 15 is 0 Å². The molecule has 0 heterocycles. The first kappa shape index (κ1) is 19.9. The Balaban J connectivity index is 1.62. The molecule has 1 aromatic rings. The molecule has 0 radical (unpaired) electrons. The Morgan fingerprint density at radius 3 is 2.56 bits per heavy atom. The smallest absolute Gasteiger partial charge is 0.372 e. The van der Waals surface area contributed by atoms with E-state index in [1.807, 2.05) is 30.0 Å². The average molecular weight is 375 g/mol. The van der Waals surface area contributed by atoms with Gasteiger partial charge < -0.3 is 15.4 Å². The summed E-state index contributed by atoms with van der Waals surface area (Å²) in [5.74, 6) is 0.663. The summed E-state index contributed by atoms with van der Waals surface area (Å²) in [4.78, 5) is 5.40. The first-order chi connectivity index (χ1) is 11.9. The van der Waals surface area contributed by atoms with Crippen LogP contribution in [0.2, 0.25) is 0 Å². The highest BCUT2D eigenvalue weighted by atomic mass is 32.2. The van der Waals surface area contributed by atoms with E-state index in [0.717, 1.165) is 19.4 Å². The third-order valence-electron chi connectivity index (χ3n) is 3.71. The van der Waals surface area contributed by atoms with Crippen LogP contribution in [0.5, 0.6) is 0 Å². The fourth-order valence-corrected chi connectivity index (χ4v) is 3.47. The topological polar surface area (TPSA) is 45.7 Å². The molecule has 1 aliphatic carbocycles. The number of nitrogens with zero attached hydrogens (tertiary/aromatic N) is 1. The van der Waals surface area contributed by atoms with Crippen molar-refractivity contribution < 1.29 is 17.9 Å². The van der Waals surface area contributed by atoms with E-state index < -0.39 is 12.8 Å². The van der Waals surface area contributed by atoms with Crippen LogP contribution in [0, 0.1) is 0 Å². The van der Waals surface area contributed by atoms with Crippen molar-refractivity contribution in [3.05, 3.63) is 30.3 Å². The summed E-state index contributed by atoms with van der Waals surface area (Å²) < 4.78 is 40.6. The van der Waals surface area contributed by atoms with Gasteiger partial charge in [-0.05, 0) is 31.4 Å². The molecule has 8 heteroatoms. The molecular weight excluding hydrogens is 351 g/mol. The van der Waals surface area contributed by atoms with Crippen molar-refractivity contribution in [2.75, 3.05) is 33.4 Å². The largest absolute Gasteiger partial charge is 0.411 e. The van der Waals surface area contributed by atoms with Gasteiger partial charge in [0.1, 0.15) is 6.61 Å². The molecule has 4 nitrogen and oxygen atoms in total. The maximum absolute atomic E-state index is 12.0. The molecule has 2 rings (SSSR count). The molecule has 0 aromatic heterocycles. The zero-order valence-corrected chi connectivity index (χ0v) is 15.1. The Hall–Kier alpha value is -1.41. The Morgan fingerprint density at radius 2 is 1.96 bits per heavy atom. The maximum atomic E-state index is 12.0. The van der Waals surface area contributed by atoms with E-state index in [-0.39, 0.29) is 11.4 Å². The molecule has 140 valence electrons. The number of ether oxygens (including phenoxy) is 1. The lowest BCUT2D eigenvalue weighted by molar-refractivity contribution is -0.173. The summed E-state index contributed by atoms with van der Waals surface area (Å²) in [7, 11) is 1.68. The first-order valence-electron chi connectivity index (χ1n) is 8.26. The second-order valence-electron chi connectivity index (χ2n) is 5.97. The van der Waals surface area contributed by atoms with Crippen LogP contribution in [-0.4, -0.2) is 50.2 Å². The van der Waals surface area contributed by atoms with Gasteiger partial charge in [0.05, 0.1) is 0 Å². The van der Waals surface area contributed by atoms with Gasteiger partial charge in [-0.25, -0.2) is 0 Å². The Morgan fingerprint density at radius 1 is 1.24 bits per heavy atom. The molecule has 25 heavy (non-hydrogen) atoms. The molecule has 0 atom stereocenters. The second kappa shape index (κ2) is 9.33. The Bertz CT molecular complexity index is 548. The number of hydrogen-bond donors (Lipinski definition) is 2. The normalized spacial score (nSPS) is 16.6. The molecule has 0 bridgehead atoms. The minimum atomic E-state index is -4.26. The van der Waals surface area contributed by atoms with Crippen molar-refractivity contribution in [2.45, 2.75) is 35.1 Å². The van der Waals surface area contributed by atoms with E-state index in [4.69, 9.17) is 0 Å². The van der Waals surface area contributed by atoms with Crippen LogP contribution in [0.3, 0.4) is 0 Å². The van der Waals surface area contributed by atoms with Gasteiger partial charge in [0.2, 0.25) is 0 Å². The molecule has 0 amide bonds. The van der Waals surface area contributed by atoms with Gasteiger partial charge >= 0.3 is 6.18 Å². The van der Waals surface area contributed by atoms with Crippen LogP contribution in [0.4, 0.5) is 13.2 Å². The van der Waals surface area contributed by atoms with Crippen molar-refractivity contribution in [3.63, 3.8) is 0 Å². The van der Waals surface area contributed by atoms with Gasteiger partial charge in [0.15, 0.2) is 5.96 Å². The SMILES string of the molecule is CN=C(NCCCOCC(F)(F)F)NCC1(Sc2ccccc2)CC1. The van der Waals surface area contributed by atoms with Gasteiger partial charge in [-0.3, -0.25) is 4.99 Å². The van der Waals surface area contributed by atoms with Crippen molar-refractivity contribution in [1.29, 1.82) is 0 Å². The van der Waals surface area contributed by atoms with Gasteiger partial charge in [-0.1, -0.05) is 18.2 Å². The van der Waals surface area contributed by atoms with Crippen LogP contribution in [0.1, 0.15) is 19.3 Å². The minimum Gasteiger partial charge on any atom is -0.372 e. The first-order valence-corrected chi connectivity index (χ1v) is 9.07. The van der Waals surface area contributed by atoms with Gasteiger partial charge in [0.25, 0.3) is 0 Å². The molecule has 2 N–H and O–H groups in total. The summed E-state index contributed by atoms with van der Waals surface area (Å²) in [5, 5.41) is 6.40. The minimum absolute atomic E-state index is 0.0668. The summed E-state index contributed by atoms with van der Waals surface area (Å²) in [6, 6.07) is 10.3. The van der Waals surface area contributed by atoms with E-state index in [2.05, 4.69) is 32.5 Å². The average Bonchev–Trinajstić information content (AvgIpc) is 3.33. The number of hydrogen-bond acceptors (Lipinski definition) is 3. The third-order valence-corrected chi connectivity index (χ3v) is 5.20. The molecule has 1 aliphatic rings. The third kappa shape index (κ3) is 8.00. The number of benzene rings is 1. The lowest BCUT2D eigenvalue weighted by Crippen LogP contribution is -2.41. The predicted molar refractivity (Wildman–Crippen MR) is 95.1 cm³/mol. The summed E-state index contributed by atoms with van der Waals surface area (Å²) in [6.07, 6.45) is -1.47. The van der Waals surface area contributed by atoms with Crippen molar-refractivity contribution in [1.82, 2.24) is 10.6 Å². The lowest BCUT2D eigenvalue weighted by atomic mass is 10.4. The quantitative estimate of drug-likeness (QED) is 0.394. The van der Waals surface area contributed by atoms with Crippen molar-refractivity contribution in [3.8, 4) is 0 Å². The van der Waals surface area contributed by atoms with Crippen molar-refractivity contribution in [2.24, 2.45) is 4.99 Å². The molecule has 0 unspecified atom stereocenters. The number of halogens is 3. The van der Waals surface area contributed by atoms with E-state index in [1.165, 1.54) is 4.90 Å². The summed E-state index contributed by atoms with van der Waals surface area (Å²) >= 11 is 1.87. The van der Waals surface area contributed by atoms with Crippen LogP contribution in [-0.2, 0) is 4.74 Å². The van der Waals surface area contributed by atoms with Gasteiger partial charge in [-0.2, -0.15) is 13.2 Å². The van der Waals surface area contributed by atoms with E-state index in [1.54, 1.807) is 7.05 Å². The molecule has 1 fully saturated rings. The molecular formula is C17H24F3N3OS. The Labute approximate surface area is 150 Å². The maximum Gasteiger partial charge on any atom is 0.411 e. The fourth-order valence-electron chi connectivity index (χ4n) is 2.23. The predicted octanol–water partition coefficient (Wildman–Crippen LogP) is 3.45. The molecule has 0 saturated heterocycles. The highest BCUT2D eigenvalue weighted by Gasteiger charge is 2.43. The molecule has 1 aromatic carbocycles.